The highest BCUT2D eigenvalue weighted by atomic mass is 35.5. The Kier molecular flexibility index (Phi) is 13.5. The maximum absolute atomic E-state index is 12.9. The summed E-state index contributed by atoms with van der Waals surface area (Å²) < 4.78 is 35.8. The summed E-state index contributed by atoms with van der Waals surface area (Å²) in [7, 11) is -4.10. The Bertz CT molecular complexity index is 2330. The van der Waals surface area contributed by atoms with Gasteiger partial charge in [-0.1, -0.05) is 59.0 Å². The molecule has 0 aliphatic carbocycles. The van der Waals surface area contributed by atoms with E-state index in [9.17, 15) is 27.4 Å². The number of hydrogen-bond donors (Lipinski definition) is 3. The largest absolute Gasteiger partial charge is 0.481 e. The zero-order valence-corrected chi connectivity index (χ0v) is 33.2. The lowest BCUT2D eigenvalue weighted by atomic mass is 10.1. The van der Waals surface area contributed by atoms with E-state index < -0.39 is 16.1 Å². The summed E-state index contributed by atoms with van der Waals surface area (Å²) in [6, 6.07) is 25.3. The van der Waals surface area contributed by atoms with Crippen molar-refractivity contribution in [3.05, 3.63) is 99.5 Å². The number of thiazole rings is 1. The van der Waals surface area contributed by atoms with Crippen LogP contribution in [0.1, 0.15) is 53.9 Å². The lowest BCUT2D eigenvalue weighted by molar-refractivity contribution is -0.668. The number of anilines is 2. The van der Waals surface area contributed by atoms with Crippen molar-refractivity contribution in [2.75, 3.05) is 41.7 Å². The number of thioether (sulfide) groups is 1. The van der Waals surface area contributed by atoms with E-state index in [1.165, 1.54) is 0 Å². The zero-order chi connectivity index (χ0) is 39.0. The lowest BCUT2D eigenvalue weighted by Crippen LogP contribution is -2.36. The van der Waals surface area contributed by atoms with Crippen LogP contribution < -0.4 is 19.7 Å². The Labute approximate surface area is 333 Å². The summed E-state index contributed by atoms with van der Waals surface area (Å²) in [5.41, 5.74) is 3.36. The average molecular weight is 822 g/mol. The molecule has 0 fully saturated rings. The van der Waals surface area contributed by atoms with Crippen LogP contribution in [0.25, 0.3) is 27.1 Å². The highest BCUT2D eigenvalue weighted by Crippen LogP contribution is 2.48. The number of amides is 1. The van der Waals surface area contributed by atoms with Gasteiger partial charge >= 0.3 is 5.97 Å². The number of aryl methyl sites for hydroxylation is 1. The van der Waals surface area contributed by atoms with E-state index in [-0.39, 0.29) is 30.9 Å². The number of aromatic nitrogens is 1. The van der Waals surface area contributed by atoms with Gasteiger partial charge in [0, 0.05) is 72.7 Å². The van der Waals surface area contributed by atoms with Crippen LogP contribution in [0.2, 0.25) is 5.02 Å². The van der Waals surface area contributed by atoms with E-state index in [0.29, 0.717) is 49.7 Å². The third-order valence-corrected chi connectivity index (χ3v) is 12.5. The van der Waals surface area contributed by atoms with Crippen molar-refractivity contribution in [2.45, 2.75) is 50.0 Å². The number of carboxylic acids is 1. The van der Waals surface area contributed by atoms with Crippen LogP contribution in [0.5, 0.6) is 0 Å². The second-order valence-corrected chi connectivity index (χ2v) is 17.4. The highest BCUT2D eigenvalue weighted by molar-refractivity contribution is 8.03. The van der Waals surface area contributed by atoms with E-state index in [2.05, 4.69) is 45.1 Å². The molecule has 0 spiro atoms. The predicted molar refractivity (Wildman–Crippen MR) is 221 cm³/mol. The van der Waals surface area contributed by atoms with Crippen molar-refractivity contribution in [3.63, 3.8) is 0 Å². The average Bonchev–Trinajstić information content (AvgIpc) is 3.66. The number of hydrogen-bond acceptors (Lipinski definition) is 9. The molecule has 0 atom stereocenters. The number of aldehydes is 1. The van der Waals surface area contributed by atoms with Crippen LogP contribution >= 0.6 is 34.7 Å². The predicted octanol–water partition coefficient (Wildman–Crippen LogP) is 7.65. The van der Waals surface area contributed by atoms with Crippen molar-refractivity contribution in [3.8, 4) is 0 Å². The van der Waals surface area contributed by atoms with Crippen molar-refractivity contribution >= 4 is 101 Å². The molecule has 1 aromatic heterocycles. The molecule has 15 heteroatoms. The summed E-state index contributed by atoms with van der Waals surface area (Å²) in [5, 5.41) is 16.9. The van der Waals surface area contributed by atoms with Crippen LogP contribution in [-0.4, -0.2) is 68.2 Å². The number of nitrogens with zero attached hydrogens (tertiary/aromatic N) is 3. The first kappa shape index (κ1) is 40.2. The number of unbranched alkanes of at least 4 members (excludes halogenated alkanes) is 1. The SMILES string of the molecule is O=Cc1ccc(N(CCCC(=O)O)CCC(=O)NCCCCN2/C(=C/c3sc4cc5ccccc5cc4[n+]3CCCS(=O)(=O)O)Sc3ccc(Cl)cc32)cc1. The number of rotatable bonds is 19. The summed E-state index contributed by atoms with van der Waals surface area (Å²) in [6.45, 7) is 2.46. The fourth-order valence-electron chi connectivity index (χ4n) is 6.55. The van der Waals surface area contributed by atoms with Crippen LogP contribution in [0.3, 0.4) is 0 Å². The fourth-order valence-corrected chi connectivity index (χ4v) is 9.55. The minimum Gasteiger partial charge on any atom is -0.481 e. The maximum atomic E-state index is 12.9. The van der Waals surface area contributed by atoms with Gasteiger partial charge in [-0.15, -0.1) is 0 Å². The smallest absolute Gasteiger partial charge is 0.303 e. The molecule has 55 heavy (non-hydrogen) atoms. The standard InChI is InChI=1S/C40H41ClN4O7S3/c41-31-12-15-35-34(25-31)44(19-4-3-17-42-37(47)16-21-43(18-5-9-40(48)49)32-13-10-28(27-46)11-14-32)38(53-35)26-39-45(20-6-22-55(50,51)52)33-23-29-7-1-2-8-30(29)24-36(33)54-39/h1-2,7-8,10-15,23-27H,3-6,9,16-22H2,(H2-,42,47,48,49,50,51,52)/p+1. The molecule has 288 valence electrons. The van der Waals surface area contributed by atoms with Gasteiger partial charge in [-0.25, -0.2) is 0 Å². The minimum atomic E-state index is -4.10. The molecule has 6 rings (SSSR count). The number of nitrogens with one attached hydrogen (secondary N) is 1. The van der Waals surface area contributed by atoms with Gasteiger partial charge in [-0.2, -0.15) is 13.0 Å². The molecular weight excluding hydrogens is 780 g/mol. The summed E-state index contributed by atoms with van der Waals surface area (Å²) >= 11 is 9.74. The Morgan fingerprint density at radius 1 is 0.927 bits per heavy atom. The van der Waals surface area contributed by atoms with Crippen LogP contribution in [0.15, 0.2) is 88.8 Å². The molecule has 0 bridgehead atoms. The molecule has 3 N–H and O–H groups in total. The molecule has 0 unspecified atom stereocenters. The molecule has 5 aromatic rings. The first-order valence-corrected chi connectivity index (χ1v) is 21.6. The summed E-state index contributed by atoms with van der Waals surface area (Å²) in [6.07, 6.45) is 5.36. The number of halogens is 1. The number of aliphatic carboxylic acids is 1. The van der Waals surface area contributed by atoms with E-state index in [4.69, 9.17) is 16.7 Å². The molecule has 4 aromatic carbocycles. The molecule has 1 aliphatic rings. The van der Waals surface area contributed by atoms with E-state index in [0.717, 1.165) is 66.4 Å². The highest BCUT2D eigenvalue weighted by Gasteiger charge is 2.28. The van der Waals surface area contributed by atoms with Gasteiger partial charge < -0.3 is 20.2 Å². The number of carboxylic acid groups (broad SMARTS) is 1. The van der Waals surface area contributed by atoms with Crippen molar-refractivity contribution < 1.29 is 37.0 Å². The first-order chi connectivity index (χ1) is 26.5. The van der Waals surface area contributed by atoms with Crippen molar-refractivity contribution in [1.29, 1.82) is 0 Å². The molecule has 1 amide bonds. The Hall–Kier alpha value is -4.47. The van der Waals surface area contributed by atoms with E-state index in [1.54, 1.807) is 47.4 Å². The van der Waals surface area contributed by atoms with Gasteiger partial charge in [0.05, 0.1) is 22.5 Å². The number of carbonyl (C=O) groups excluding carboxylic acids is 2. The molecule has 0 radical (unpaired) electrons. The minimum absolute atomic E-state index is 0.0245. The molecule has 11 nitrogen and oxygen atoms in total. The molecule has 2 heterocycles. The van der Waals surface area contributed by atoms with E-state index >= 15 is 0 Å². The van der Waals surface area contributed by atoms with Gasteiger partial charge in [0.15, 0.2) is 6.54 Å². The molecular formula is C40H42ClN4O7S3+. The zero-order valence-electron chi connectivity index (χ0n) is 30.0. The summed E-state index contributed by atoms with van der Waals surface area (Å²) in [4.78, 5) is 40.3. The molecule has 1 aliphatic heterocycles. The van der Waals surface area contributed by atoms with Gasteiger partial charge in [-0.05, 0) is 78.6 Å². The Morgan fingerprint density at radius 2 is 1.69 bits per heavy atom. The topological polar surface area (TPSA) is 148 Å². The Balaban J connectivity index is 1.12. The number of benzene rings is 4. The monoisotopic (exact) mass is 821 g/mol. The second-order valence-electron chi connectivity index (χ2n) is 13.2. The quantitative estimate of drug-likeness (QED) is 0.0328. The molecule has 0 saturated carbocycles. The van der Waals surface area contributed by atoms with Crippen LogP contribution in [-0.2, 0) is 26.3 Å². The first-order valence-electron chi connectivity index (χ1n) is 18.0. The van der Waals surface area contributed by atoms with Crippen LogP contribution in [0, 0.1) is 0 Å². The normalized spacial score (nSPS) is 13.4. The van der Waals surface area contributed by atoms with Gasteiger partial charge in [0.2, 0.25) is 11.4 Å². The van der Waals surface area contributed by atoms with Gasteiger partial charge in [0.1, 0.15) is 11.0 Å². The third kappa shape index (κ3) is 10.9. The number of carbonyl (C=O) groups is 3. The molecule has 0 saturated heterocycles. The Morgan fingerprint density at radius 3 is 2.42 bits per heavy atom. The lowest BCUT2D eigenvalue weighted by Gasteiger charge is -2.24. The summed E-state index contributed by atoms with van der Waals surface area (Å²) in [5.74, 6) is -1.30. The third-order valence-electron chi connectivity index (χ3n) is 9.27. The fraction of sp³-hybridized carbons (Fsp3) is 0.300. The van der Waals surface area contributed by atoms with Gasteiger partial charge in [0.25, 0.3) is 15.1 Å². The van der Waals surface area contributed by atoms with Gasteiger partial charge in [-0.3, -0.25) is 18.9 Å². The second kappa shape index (κ2) is 18.4. The van der Waals surface area contributed by atoms with Crippen molar-refractivity contribution in [2.24, 2.45) is 0 Å². The maximum Gasteiger partial charge on any atom is 0.303 e. The van der Waals surface area contributed by atoms with Crippen molar-refractivity contribution in [1.82, 2.24) is 5.32 Å². The van der Waals surface area contributed by atoms with Crippen LogP contribution in [0.4, 0.5) is 11.4 Å². The number of fused-ring (bicyclic) bond motifs is 3. The van der Waals surface area contributed by atoms with E-state index in [1.807, 2.05) is 35.2 Å².